The van der Waals surface area contributed by atoms with Gasteiger partial charge in [0.1, 0.15) is 0 Å². The minimum atomic E-state index is -3.70. The van der Waals surface area contributed by atoms with E-state index < -0.39 is 16.0 Å². The van der Waals surface area contributed by atoms with Crippen molar-refractivity contribution in [2.45, 2.75) is 18.1 Å². The lowest BCUT2D eigenvalue weighted by molar-refractivity contribution is 0.0558. The smallest absolute Gasteiger partial charge is 0.374 e. The van der Waals surface area contributed by atoms with Crippen molar-refractivity contribution in [1.29, 1.82) is 0 Å². The highest BCUT2D eigenvalue weighted by Crippen LogP contribution is 2.20. The van der Waals surface area contributed by atoms with E-state index in [-0.39, 0.29) is 29.3 Å². The maximum atomic E-state index is 12.3. The number of nitrogens with zero attached hydrogens (tertiary/aromatic N) is 1. The Hall–Kier alpha value is -1.09. The molecule has 1 aromatic heterocycles. The summed E-state index contributed by atoms with van der Waals surface area (Å²) in [5.41, 5.74) is 0. The lowest BCUT2D eigenvalue weighted by Gasteiger charge is -2.30. The molecule has 1 aliphatic rings. The number of rotatable bonds is 3. The van der Waals surface area contributed by atoms with Crippen molar-refractivity contribution in [3.63, 3.8) is 0 Å². The van der Waals surface area contributed by atoms with Gasteiger partial charge in [-0.05, 0) is 19.1 Å². The molecule has 2 rings (SSSR count). The molecule has 0 aromatic carbocycles. The number of halogens is 1. The highest BCUT2D eigenvalue weighted by Gasteiger charge is 2.31. The van der Waals surface area contributed by atoms with Crippen molar-refractivity contribution in [2.24, 2.45) is 0 Å². The molecule has 1 atom stereocenters. The fourth-order valence-electron chi connectivity index (χ4n) is 1.91. The first-order chi connectivity index (χ1) is 8.95. The molecule has 1 aromatic rings. The third-order valence-corrected chi connectivity index (χ3v) is 4.63. The van der Waals surface area contributed by atoms with Gasteiger partial charge in [-0.2, -0.15) is 4.31 Å². The van der Waals surface area contributed by atoms with Crippen LogP contribution >= 0.6 is 12.4 Å². The fourth-order valence-corrected chi connectivity index (χ4v) is 3.35. The zero-order valence-electron chi connectivity index (χ0n) is 11.2. The van der Waals surface area contributed by atoms with Crippen LogP contribution in [-0.2, 0) is 14.8 Å². The van der Waals surface area contributed by atoms with Crippen LogP contribution in [0.4, 0.5) is 0 Å². The van der Waals surface area contributed by atoms with Gasteiger partial charge in [-0.3, -0.25) is 0 Å². The summed E-state index contributed by atoms with van der Waals surface area (Å²) in [6.07, 6.45) is 0. The zero-order valence-corrected chi connectivity index (χ0v) is 12.8. The maximum absolute atomic E-state index is 12.3. The van der Waals surface area contributed by atoms with Crippen LogP contribution in [0.5, 0.6) is 0 Å². The van der Waals surface area contributed by atoms with E-state index in [0.717, 1.165) is 0 Å². The number of sulfonamides is 1. The van der Waals surface area contributed by atoms with Crippen LogP contribution in [-0.4, -0.2) is 51.5 Å². The summed E-state index contributed by atoms with van der Waals surface area (Å²) in [4.78, 5) is 11.2. The maximum Gasteiger partial charge on any atom is 0.374 e. The summed E-state index contributed by atoms with van der Waals surface area (Å²) >= 11 is 0. The number of piperazine rings is 1. The molecule has 114 valence electrons. The number of hydrogen-bond acceptors (Lipinski definition) is 6. The molecule has 1 unspecified atom stereocenters. The Morgan fingerprint density at radius 1 is 1.50 bits per heavy atom. The van der Waals surface area contributed by atoms with Gasteiger partial charge in [-0.15, -0.1) is 12.4 Å². The van der Waals surface area contributed by atoms with E-state index >= 15 is 0 Å². The molecule has 2 heterocycles. The number of carbonyl (C=O) groups is 1. The first kappa shape index (κ1) is 17.0. The van der Waals surface area contributed by atoms with Crippen molar-refractivity contribution in [2.75, 3.05) is 26.7 Å². The fraction of sp³-hybridized carbons (Fsp3) is 0.545. The van der Waals surface area contributed by atoms with E-state index in [0.29, 0.717) is 19.6 Å². The molecule has 0 bridgehead atoms. The van der Waals surface area contributed by atoms with Crippen LogP contribution in [0, 0.1) is 0 Å². The van der Waals surface area contributed by atoms with Gasteiger partial charge in [0.2, 0.25) is 10.9 Å². The topological polar surface area (TPSA) is 88.9 Å². The average molecular weight is 325 g/mol. The van der Waals surface area contributed by atoms with E-state index in [9.17, 15) is 13.2 Å². The van der Waals surface area contributed by atoms with Crippen LogP contribution in [0.15, 0.2) is 21.6 Å². The second-order valence-corrected chi connectivity index (χ2v) is 6.20. The van der Waals surface area contributed by atoms with Gasteiger partial charge in [0, 0.05) is 25.7 Å². The molecular formula is C11H17ClN2O5S. The highest BCUT2D eigenvalue weighted by atomic mass is 35.5. The van der Waals surface area contributed by atoms with Crippen LogP contribution in [0.1, 0.15) is 17.5 Å². The summed E-state index contributed by atoms with van der Waals surface area (Å²) < 4.78 is 35.5. The Bertz CT molecular complexity index is 571. The summed E-state index contributed by atoms with van der Waals surface area (Å²) in [7, 11) is -2.49. The van der Waals surface area contributed by atoms with Crippen LogP contribution in [0.3, 0.4) is 0 Å². The molecular weight excluding hydrogens is 308 g/mol. The normalized spacial score (nSPS) is 20.2. The molecule has 1 aliphatic heterocycles. The largest absolute Gasteiger partial charge is 0.463 e. The molecule has 0 spiro atoms. The van der Waals surface area contributed by atoms with E-state index in [1.807, 2.05) is 6.92 Å². The molecule has 0 radical (unpaired) electrons. The van der Waals surface area contributed by atoms with Gasteiger partial charge in [0.05, 0.1) is 7.11 Å². The van der Waals surface area contributed by atoms with Crippen molar-refractivity contribution in [3.05, 3.63) is 17.9 Å². The van der Waals surface area contributed by atoms with Crippen LogP contribution in [0.2, 0.25) is 0 Å². The third-order valence-electron chi connectivity index (χ3n) is 2.89. The van der Waals surface area contributed by atoms with Gasteiger partial charge < -0.3 is 14.5 Å². The van der Waals surface area contributed by atoms with E-state index in [1.165, 1.54) is 23.5 Å². The Morgan fingerprint density at radius 2 is 2.20 bits per heavy atom. The number of hydrogen-bond donors (Lipinski definition) is 1. The monoisotopic (exact) mass is 324 g/mol. The van der Waals surface area contributed by atoms with E-state index in [4.69, 9.17) is 4.42 Å². The number of ether oxygens (including phenoxy) is 1. The molecule has 1 saturated heterocycles. The Labute approximate surface area is 123 Å². The van der Waals surface area contributed by atoms with Gasteiger partial charge in [-0.1, -0.05) is 0 Å². The Balaban J connectivity index is 0.00000200. The second-order valence-electron chi connectivity index (χ2n) is 4.33. The molecule has 7 nitrogen and oxygen atoms in total. The van der Waals surface area contributed by atoms with Gasteiger partial charge >= 0.3 is 5.97 Å². The number of carbonyl (C=O) groups excluding carboxylic acids is 1. The Morgan fingerprint density at radius 3 is 2.80 bits per heavy atom. The molecule has 0 aliphatic carbocycles. The van der Waals surface area contributed by atoms with Gasteiger partial charge in [0.15, 0.2) is 0 Å². The van der Waals surface area contributed by atoms with Crippen LogP contribution < -0.4 is 5.32 Å². The van der Waals surface area contributed by atoms with E-state index in [1.54, 1.807) is 0 Å². The first-order valence-electron chi connectivity index (χ1n) is 5.87. The quantitative estimate of drug-likeness (QED) is 0.813. The molecule has 0 amide bonds. The van der Waals surface area contributed by atoms with Crippen LogP contribution in [0.25, 0.3) is 0 Å². The van der Waals surface area contributed by atoms with Crippen molar-refractivity contribution in [3.8, 4) is 0 Å². The predicted molar refractivity (Wildman–Crippen MR) is 73.5 cm³/mol. The van der Waals surface area contributed by atoms with Gasteiger partial charge in [0.25, 0.3) is 10.0 Å². The highest BCUT2D eigenvalue weighted by molar-refractivity contribution is 7.89. The molecule has 1 N–H and O–H groups in total. The second kappa shape index (κ2) is 6.57. The van der Waals surface area contributed by atoms with Crippen molar-refractivity contribution in [1.82, 2.24) is 9.62 Å². The molecule has 9 heteroatoms. The molecule has 1 fully saturated rings. The summed E-state index contributed by atoms with van der Waals surface area (Å²) in [6.45, 7) is 3.24. The van der Waals surface area contributed by atoms with Crippen molar-refractivity contribution < 1.29 is 22.4 Å². The minimum Gasteiger partial charge on any atom is -0.463 e. The number of esters is 1. The number of methoxy groups -OCH3 is 1. The lowest BCUT2D eigenvalue weighted by Crippen LogP contribution is -2.51. The zero-order chi connectivity index (χ0) is 14.0. The van der Waals surface area contributed by atoms with E-state index in [2.05, 4.69) is 10.1 Å². The molecule has 0 saturated carbocycles. The first-order valence-corrected chi connectivity index (χ1v) is 7.31. The minimum absolute atomic E-state index is 0. The SMILES string of the molecule is COC(=O)c1ccc(S(=O)(=O)N2CCNC(C)C2)o1.Cl. The van der Waals surface area contributed by atoms with Crippen molar-refractivity contribution >= 4 is 28.4 Å². The summed E-state index contributed by atoms with van der Waals surface area (Å²) in [6, 6.07) is 2.65. The predicted octanol–water partition coefficient (Wildman–Crippen LogP) is 0.470. The third kappa shape index (κ3) is 3.32. The lowest BCUT2D eigenvalue weighted by atomic mass is 10.3. The molecule has 20 heavy (non-hydrogen) atoms. The standard InChI is InChI=1S/C11H16N2O5S.ClH/c1-8-7-13(6-5-12-8)19(15,16)10-4-3-9(18-10)11(14)17-2;/h3-4,8,12H,5-7H2,1-2H3;1H. The summed E-state index contributed by atoms with van der Waals surface area (Å²) in [5.74, 6) is -0.820. The number of furan rings is 1. The number of nitrogens with one attached hydrogen (secondary N) is 1. The van der Waals surface area contributed by atoms with Gasteiger partial charge in [-0.25, -0.2) is 13.2 Å². The average Bonchev–Trinajstić information content (AvgIpc) is 2.88. The summed E-state index contributed by atoms with van der Waals surface area (Å²) in [5, 5.41) is 2.92. The Kier molecular flexibility index (Phi) is 5.58.